The Morgan fingerprint density at radius 1 is 1.06 bits per heavy atom. The molecule has 1 rings (SSSR count). The molecular weight excluding hydrogens is 216 g/mol. The molecule has 0 bridgehead atoms. The summed E-state index contributed by atoms with van der Waals surface area (Å²) in [7, 11) is -0.695. The van der Waals surface area contributed by atoms with E-state index >= 15 is 0 Å². The zero-order valence-electron chi connectivity index (χ0n) is 10.5. The second-order valence-corrected chi connectivity index (χ2v) is 7.43. The quantitative estimate of drug-likeness (QED) is 0.717. The molecule has 0 aliphatic carbocycles. The van der Waals surface area contributed by atoms with E-state index in [1.807, 2.05) is 26.8 Å². The van der Waals surface area contributed by atoms with Gasteiger partial charge >= 0.3 is 0 Å². The first-order chi connectivity index (χ1) is 7.50. The highest BCUT2D eigenvalue weighted by molar-refractivity contribution is 7.86. The number of hydrogen-bond acceptors (Lipinski definition) is 1. The molecule has 0 N–H and O–H groups in total. The fourth-order valence-electron chi connectivity index (χ4n) is 1.51. The van der Waals surface area contributed by atoms with Crippen LogP contribution in [0.2, 0.25) is 0 Å². The van der Waals surface area contributed by atoms with Gasteiger partial charge in [-0.1, -0.05) is 30.3 Å². The second-order valence-electron chi connectivity index (χ2n) is 5.10. The molecule has 1 nitrogen and oxygen atoms in total. The third-order valence-corrected chi connectivity index (χ3v) is 4.60. The number of rotatable bonds is 5. The van der Waals surface area contributed by atoms with Crippen molar-refractivity contribution in [3.8, 4) is 0 Å². The Hall–Kier alpha value is -0.630. The van der Waals surface area contributed by atoms with Gasteiger partial charge in [0, 0.05) is 21.3 Å². The van der Waals surface area contributed by atoms with Gasteiger partial charge in [-0.15, -0.1) is 0 Å². The highest BCUT2D eigenvalue weighted by Crippen LogP contribution is 2.13. The molecule has 0 radical (unpaired) electrons. The Balaban J connectivity index is 2.20. The van der Waals surface area contributed by atoms with Crippen molar-refractivity contribution in [3.05, 3.63) is 35.9 Å². The molecule has 16 heavy (non-hydrogen) atoms. The maximum Gasteiger partial charge on any atom is 0.0375 e. The number of unbranched alkanes of at least 4 members (excludes halogenated alkanes) is 1. The average molecular weight is 238 g/mol. The van der Waals surface area contributed by atoms with E-state index in [-0.39, 0.29) is 4.75 Å². The van der Waals surface area contributed by atoms with Gasteiger partial charge in [-0.3, -0.25) is 4.21 Å². The molecule has 0 saturated carbocycles. The van der Waals surface area contributed by atoms with Gasteiger partial charge in [0.2, 0.25) is 0 Å². The van der Waals surface area contributed by atoms with Crippen LogP contribution in [0, 0.1) is 0 Å². The summed E-state index contributed by atoms with van der Waals surface area (Å²) in [5.74, 6) is 0.830. The lowest BCUT2D eigenvalue weighted by Crippen LogP contribution is -2.24. The predicted molar refractivity (Wildman–Crippen MR) is 72.1 cm³/mol. The Bertz CT molecular complexity index is 324. The van der Waals surface area contributed by atoms with Gasteiger partial charge in [0.25, 0.3) is 0 Å². The summed E-state index contributed by atoms with van der Waals surface area (Å²) in [6, 6.07) is 10.5. The molecule has 0 amide bonds. The minimum absolute atomic E-state index is 0.0628. The molecular formula is C14H22OS. The lowest BCUT2D eigenvalue weighted by atomic mass is 10.1. The van der Waals surface area contributed by atoms with Gasteiger partial charge in [0.15, 0.2) is 0 Å². The molecule has 1 aromatic rings. The van der Waals surface area contributed by atoms with Crippen LogP contribution in [0.5, 0.6) is 0 Å². The minimum atomic E-state index is -0.695. The maximum absolute atomic E-state index is 11.8. The van der Waals surface area contributed by atoms with E-state index in [1.54, 1.807) is 0 Å². The maximum atomic E-state index is 11.8. The smallest absolute Gasteiger partial charge is 0.0375 e. The van der Waals surface area contributed by atoms with E-state index in [1.165, 1.54) is 5.56 Å². The Morgan fingerprint density at radius 2 is 1.69 bits per heavy atom. The molecule has 0 heterocycles. The monoisotopic (exact) mass is 238 g/mol. The fraction of sp³-hybridized carbons (Fsp3) is 0.571. The van der Waals surface area contributed by atoms with Crippen molar-refractivity contribution in [1.82, 2.24) is 0 Å². The van der Waals surface area contributed by atoms with Gasteiger partial charge < -0.3 is 0 Å². The van der Waals surface area contributed by atoms with E-state index in [4.69, 9.17) is 0 Å². The third-order valence-electron chi connectivity index (χ3n) is 2.57. The summed E-state index contributed by atoms with van der Waals surface area (Å²) >= 11 is 0. The molecule has 0 fully saturated rings. The van der Waals surface area contributed by atoms with Gasteiger partial charge in [0.1, 0.15) is 0 Å². The minimum Gasteiger partial charge on any atom is -0.259 e. The largest absolute Gasteiger partial charge is 0.259 e. The first kappa shape index (κ1) is 13.4. The number of aryl methyl sites for hydroxylation is 1. The summed E-state index contributed by atoms with van der Waals surface area (Å²) < 4.78 is 11.7. The van der Waals surface area contributed by atoms with Crippen molar-refractivity contribution < 1.29 is 4.21 Å². The Kier molecular flexibility index (Phi) is 5.20. The highest BCUT2D eigenvalue weighted by atomic mass is 32.2. The summed E-state index contributed by atoms with van der Waals surface area (Å²) in [6.45, 7) is 6.13. The van der Waals surface area contributed by atoms with Crippen LogP contribution in [-0.2, 0) is 17.2 Å². The van der Waals surface area contributed by atoms with E-state index < -0.39 is 10.8 Å². The Labute approximate surface area is 102 Å². The summed E-state index contributed by atoms with van der Waals surface area (Å²) in [6.07, 6.45) is 3.28. The van der Waals surface area contributed by atoms with E-state index in [0.717, 1.165) is 25.0 Å². The molecule has 1 atom stereocenters. The molecule has 0 saturated heterocycles. The van der Waals surface area contributed by atoms with Gasteiger partial charge in [0.05, 0.1) is 0 Å². The molecule has 0 aliphatic heterocycles. The van der Waals surface area contributed by atoms with Crippen LogP contribution in [-0.4, -0.2) is 14.7 Å². The van der Waals surface area contributed by atoms with Crippen molar-refractivity contribution in [1.29, 1.82) is 0 Å². The molecule has 1 unspecified atom stereocenters. The first-order valence-corrected chi connectivity index (χ1v) is 7.24. The molecule has 1 aromatic carbocycles. The normalized spacial score (nSPS) is 13.7. The summed E-state index contributed by atoms with van der Waals surface area (Å²) in [4.78, 5) is 0. The molecule has 2 heteroatoms. The van der Waals surface area contributed by atoms with Crippen molar-refractivity contribution in [2.45, 2.75) is 44.8 Å². The van der Waals surface area contributed by atoms with Gasteiger partial charge in [-0.2, -0.15) is 0 Å². The van der Waals surface area contributed by atoms with Crippen LogP contribution in [0.25, 0.3) is 0 Å². The number of benzene rings is 1. The van der Waals surface area contributed by atoms with Crippen molar-refractivity contribution >= 4 is 10.8 Å². The van der Waals surface area contributed by atoms with Crippen molar-refractivity contribution in [3.63, 3.8) is 0 Å². The van der Waals surface area contributed by atoms with Crippen LogP contribution in [0.4, 0.5) is 0 Å². The van der Waals surface area contributed by atoms with Crippen molar-refractivity contribution in [2.75, 3.05) is 5.75 Å². The van der Waals surface area contributed by atoms with E-state index in [0.29, 0.717) is 0 Å². The third kappa shape index (κ3) is 4.93. The average Bonchev–Trinajstić information content (AvgIpc) is 2.24. The Morgan fingerprint density at radius 3 is 2.25 bits per heavy atom. The summed E-state index contributed by atoms with van der Waals surface area (Å²) in [5.41, 5.74) is 1.38. The zero-order chi connectivity index (χ0) is 12.0. The lowest BCUT2D eigenvalue weighted by molar-refractivity contribution is 0.643. The fourth-order valence-corrected chi connectivity index (χ4v) is 2.59. The van der Waals surface area contributed by atoms with Gasteiger partial charge in [-0.05, 0) is 45.6 Å². The molecule has 90 valence electrons. The van der Waals surface area contributed by atoms with Crippen LogP contribution < -0.4 is 0 Å². The standard InChI is InChI=1S/C14H22OS/c1-14(2,3)16(15)12-8-7-11-13-9-5-4-6-10-13/h4-6,9-10H,7-8,11-12H2,1-3H3. The SMILES string of the molecule is CC(C)(C)S(=O)CCCCc1ccccc1. The number of hydrogen-bond donors (Lipinski definition) is 0. The molecule has 0 aromatic heterocycles. The topological polar surface area (TPSA) is 17.1 Å². The molecule has 0 spiro atoms. The van der Waals surface area contributed by atoms with Gasteiger partial charge in [-0.25, -0.2) is 0 Å². The van der Waals surface area contributed by atoms with E-state index in [9.17, 15) is 4.21 Å². The first-order valence-electron chi connectivity index (χ1n) is 5.92. The lowest BCUT2D eigenvalue weighted by Gasteiger charge is -2.17. The predicted octanol–water partition coefficient (Wildman–Crippen LogP) is 3.56. The van der Waals surface area contributed by atoms with E-state index in [2.05, 4.69) is 24.3 Å². The highest BCUT2D eigenvalue weighted by Gasteiger charge is 2.18. The zero-order valence-corrected chi connectivity index (χ0v) is 11.3. The second kappa shape index (κ2) is 6.19. The molecule has 0 aliphatic rings. The van der Waals surface area contributed by atoms with Crippen LogP contribution >= 0.6 is 0 Å². The van der Waals surface area contributed by atoms with Crippen LogP contribution in [0.15, 0.2) is 30.3 Å². The van der Waals surface area contributed by atoms with Crippen molar-refractivity contribution in [2.24, 2.45) is 0 Å². The van der Waals surface area contributed by atoms with Crippen LogP contribution in [0.1, 0.15) is 39.2 Å². The van der Waals surface area contributed by atoms with Crippen LogP contribution in [0.3, 0.4) is 0 Å². The summed E-state index contributed by atoms with van der Waals surface area (Å²) in [5, 5.41) is 0.